The van der Waals surface area contributed by atoms with Crippen LogP contribution in [0.1, 0.15) is 10.4 Å². The van der Waals surface area contributed by atoms with Crippen LogP contribution in [0.2, 0.25) is 0 Å². The minimum absolute atomic E-state index is 0.183. The summed E-state index contributed by atoms with van der Waals surface area (Å²) in [6.45, 7) is 0. The van der Waals surface area contributed by atoms with E-state index in [0.717, 1.165) is 0 Å². The SMILES string of the molecule is COc1cc(NC(=O)c2ccc(OC)c(OC)c2)cc([N+](=O)[O-])c1. The van der Waals surface area contributed by atoms with E-state index >= 15 is 0 Å². The number of nitro groups is 1. The number of nitrogens with one attached hydrogen (secondary N) is 1. The molecule has 2 aromatic rings. The van der Waals surface area contributed by atoms with Gasteiger partial charge in [-0.25, -0.2) is 0 Å². The quantitative estimate of drug-likeness (QED) is 0.645. The Kier molecular flexibility index (Phi) is 5.20. The highest BCUT2D eigenvalue weighted by Gasteiger charge is 2.14. The number of hydrogen-bond acceptors (Lipinski definition) is 6. The molecule has 0 radical (unpaired) electrons. The fraction of sp³-hybridized carbons (Fsp3) is 0.188. The van der Waals surface area contributed by atoms with E-state index in [2.05, 4.69) is 5.32 Å². The standard InChI is InChI=1S/C16H16N2O6/c1-22-13-8-11(7-12(9-13)18(20)21)17-16(19)10-4-5-14(23-2)15(6-10)24-3/h4-9H,1-3H3,(H,17,19). The molecule has 1 amide bonds. The molecule has 2 aromatic carbocycles. The van der Waals surface area contributed by atoms with E-state index in [4.69, 9.17) is 14.2 Å². The van der Waals surface area contributed by atoms with Crippen molar-refractivity contribution < 1.29 is 23.9 Å². The van der Waals surface area contributed by atoms with Crippen LogP contribution >= 0.6 is 0 Å². The maximum absolute atomic E-state index is 12.3. The van der Waals surface area contributed by atoms with E-state index in [1.807, 2.05) is 0 Å². The van der Waals surface area contributed by atoms with Crippen molar-refractivity contribution in [3.05, 3.63) is 52.1 Å². The van der Waals surface area contributed by atoms with Gasteiger partial charge in [-0.15, -0.1) is 0 Å². The molecule has 0 saturated carbocycles. The average molecular weight is 332 g/mol. The fourth-order valence-corrected chi connectivity index (χ4v) is 2.06. The zero-order valence-corrected chi connectivity index (χ0v) is 13.4. The van der Waals surface area contributed by atoms with Crippen molar-refractivity contribution in [2.45, 2.75) is 0 Å². The van der Waals surface area contributed by atoms with Gasteiger partial charge in [-0.3, -0.25) is 14.9 Å². The molecule has 8 heteroatoms. The summed E-state index contributed by atoms with van der Waals surface area (Å²) in [6.07, 6.45) is 0. The van der Waals surface area contributed by atoms with Gasteiger partial charge in [-0.1, -0.05) is 0 Å². The molecule has 0 aliphatic heterocycles. The van der Waals surface area contributed by atoms with Crippen molar-refractivity contribution in [2.75, 3.05) is 26.6 Å². The Hall–Kier alpha value is -3.29. The van der Waals surface area contributed by atoms with Gasteiger partial charge < -0.3 is 19.5 Å². The number of nitro benzene ring substituents is 1. The Labute approximate surface area is 138 Å². The Bertz CT molecular complexity index is 775. The second kappa shape index (κ2) is 7.32. The minimum Gasteiger partial charge on any atom is -0.496 e. The van der Waals surface area contributed by atoms with Gasteiger partial charge in [0.2, 0.25) is 0 Å². The van der Waals surface area contributed by atoms with Crippen molar-refractivity contribution in [3.8, 4) is 17.2 Å². The molecule has 2 rings (SSSR count). The topological polar surface area (TPSA) is 99.9 Å². The second-order valence-electron chi connectivity index (χ2n) is 4.70. The summed E-state index contributed by atoms with van der Waals surface area (Å²) in [7, 11) is 4.34. The normalized spacial score (nSPS) is 9.96. The molecule has 0 spiro atoms. The van der Waals surface area contributed by atoms with Crippen LogP contribution in [0.3, 0.4) is 0 Å². The first-order valence-electron chi connectivity index (χ1n) is 6.85. The van der Waals surface area contributed by atoms with Crippen molar-refractivity contribution in [3.63, 3.8) is 0 Å². The number of non-ortho nitro benzene ring substituents is 1. The van der Waals surface area contributed by atoms with Crippen LogP contribution in [-0.4, -0.2) is 32.2 Å². The number of methoxy groups -OCH3 is 3. The number of amides is 1. The van der Waals surface area contributed by atoms with Crippen LogP contribution in [-0.2, 0) is 0 Å². The third-order valence-corrected chi connectivity index (χ3v) is 3.24. The zero-order chi connectivity index (χ0) is 17.7. The summed E-state index contributed by atoms with van der Waals surface area (Å²) in [6, 6.07) is 8.69. The predicted octanol–water partition coefficient (Wildman–Crippen LogP) is 2.87. The highest BCUT2D eigenvalue weighted by Crippen LogP contribution is 2.29. The molecule has 0 saturated heterocycles. The molecule has 1 N–H and O–H groups in total. The average Bonchev–Trinajstić information content (AvgIpc) is 2.60. The van der Waals surface area contributed by atoms with Gasteiger partial charge in [-0.2, -0.15) is 0 Å². The van der Waals surface area contributed by atoms with Crippen molar-refractivity contribution in [1.82, 2.24) is 0 Å². The van der Waals surface area contributed by atoms with E-state index in [9.17, 15) is 14.9 Å². The smallest absolute Gasteiger partial charge is 0.275 e. The van der Waals surface area contributed by atoms with Gasteiger partial charge in [0, 0.05) is 17.7 Å². The number of rotatable bonds is 6. The second-order valence-corrected chi connectivity index (χ2v) is 4.70. The fourth-order valence-electron chi connectivity index (χ4n) is 2.06. The van der Waals surface area contributed by atoms with E-state index in [1.165, 1.54) is 45.6 Å². The highest BCUT2D eigenvalue weighted by molar-refractivity contribution is 6.04. The Morgan fingerprint density at radius 2 is 1.71 bits per heavy atom. The van der Waals surface area contributed by atoms with Crippen LogP contribution in [0.4, 0.5) is 11.4 Å². The number of anilines is 1. The van der Waals surface area contributed by atoms with Crippen LogP contribution in [0.25, 0.3) is 0 Å². The van der Waals surface area contributed by atoms with Gasteiger partial charge in [0.25, 0.3) is 11.6 Å². The van der Waals surface area contributed by atoms with E-state index in [1.54, 1.807) is 12.1 Å². The first kappa shape index (κ1) is 17.1. The Morgan fingerprint density at radius 1 is 1.00 bits per heavy atom. The minimum atomic E-state index is -0.561. The first-order chi connectivity index (χ1) is 11.5. The number of hydrogen-bond donors (Lipinski definition) is 1. The molecule has 0 bridgehead atoms. The third kappa shape index (κ3) is 3.72. The Balaban J connectivity index is 2.29. The van der Waals surface area contributed by atoms with Crippen LogP contribution < -0.4 is 19.5 Å². The molecule has 0 aromatic heterocycles. The molecule has 0 aliphatic carbocycles. The number of carbonyl (C=O) groups is 1. The number of benzene rings is 2. The largest absolute Gasteiger partial charge is 0.496 e. The monoisotopic (exact) mass is 332 g/mol. The Morgan fingerprint density at radius 3 is 2.29 bits per heavy atom. The van der Waals surface area contributed by atoms with Gasteiger partial charge in [0.1, 0.15) is 5.75 Å². The summed E-state index contributed by atoms with van der Waals surface area (Å²) in [5, 5.41) is 13.5. The van der Waals surface area contributed by atoms with Crippen molar-refractivity contribution >= 4 is 17.3 Å². The molecule has 8 nitrogen and oxygen atoms in total. The molecule has 0 aliphatic rings. The summed E-state index contributed by atoms with van der Waals surface area (Å²) in [5.74, 6) is 0.721. The molecular weight excluding hydrogens is 316 g/mol. The molecule has 0 atom stereocenters. The lowest BCUT2D eigenvalue weighted by Crippen LogP contribution is -2.12. The first-order valence-corrected chi connectivity index (χ1v) is 6.85. The van der Waals surface area contributed by atoms with Crippen molar-refractivity contribution in [2.24, 2.45) is 0 Å². The molecule has 0 fully saturated rings. The maximum Gasteiger partial charge on any atom is 0.275 e. The summed E-state index contributed by atoms with van der Waals surface area (Å²) >= 11 is 0. The lowest BCUT2D eigenvalue weighted by Gasteiger charge is -2.10. The summed E-state index contributed by atoms with van der Waals surface area (Å²) in [4.78, 5) is 22.7. The maximum atomic E-state index is 12.3. The zero-order valence-electron chi connectivity index (χ0n) is 13.4. The van der Waals surface area contributed by atoms with Gasteiger partial charge >= 0.3 is 0 Å². The lowest BCUT2D eigenvalue weighted by atomic mass is 10.1. The third-order valence-electron chi connectivity index (χ3n) is 3.24. The van der Waals surface area contributed by atoms with E-state index in [-0.39, 0.29) is 17.1 Å². The molecular formula is C16H16N2O6. The molecule has 24 heavy (non-hydrogen) atoms. The highest BCUT2D eigenvalue weighted by atomic mass is 16.6. The van der Waals surface area contributed by atoms with Crippen LogP contribution in [0.5, 0.6) is 17.2 Å². The van der Waals surface area contributed by atoms with Gasteiger partial charge in [0.15, 0.2) is 11.5 Å². The van der Waals surface area contributed by atoms with E-state index < -0.39 is 10.8 Å². The number of nitrogens with zero attached hydrogens (tertiary/aromatic N) is 1. The summed E-state index contributed by atoms with van der Waals surface area (Å²) in [5.41, 5.74) is 0.385. The van der Waals surface area contributed by atoms with Crippen molar-refractivity contribution in [1.29, 1.82) is 0 Å². The molecule has 0 unspecified atom stereocenters. The molecule has 126 valence electrons. The van der Waals surface area contributed by atoms with Crippen LogP contribution in [0.15, 0.2) is 36.4 Å². The number of carbonyl (C=O) groups excluding carboxylic acids is 1. The lowest BCUT2D eigenvalue weighted by molar-refractivity contribution is -0.384. The predicted molar refractivity (Wildman–Crippen MR) is 87.1 cm³/mol. The van der Waals surface area contributed by atoms with Crippen LogP contribution in [0, 0.1) is 10.1 Å². The summed E-state index contributed by atoms with van der Waals surface area (Å²) < 4.78 is 15.3. The molecule has 0 heterocycles. The van der Waals surface area contributed by atoms with Gasteiger partial charge in [-0.05, 0) is 18.2 Å². The van der Waals surface area contributed by atoms with E-state index in [0.29, 0.717) is 17.1 Å². The number of ether oxygens (including phenoxy) is 3. The van der Waals surface area contributed by atoms with Gasteiger partial charge in [0.05, 0.1) is 38.0 Å².